The third kappa shape index (κ3) is 3.51. The van der Waals surface area contributed by atoms with E-state index in [4.69, 9.17) is 17.5 Å². The monoisotopic (exact) mass is 292 g/mol. The van der Waals surface area contributed by atoms with Crippen molar-refractivity contribution in [3.63, 3.8) is 0 Å². The second-order valence-corrected chi connectivity index (χ2v) is 5.16. The highest BCUT2D eigenvalue weighted by atomic mass is 32.3. The van der Waals surface area contributed by atoms with Gasteiger partial charge in [0.15, 0.2) is 5.78 Å². The molecule has 6 heteroatoms. The van der Waals surface area contributed by atoms with E-state index >= 15 is 0 Å². The highest BCUT2D eigenvalue weighted by Gasteiger charge is 2.21. The first-order chi connectivity index (χ1) is 9.36. The van der Waals surface area contributed by atoms with E-state index in [-0.39, 0.29) is 5.78 Å². The average Bonchev–Trinajstić information content (AvgIpc) is 2.37. The molecule has 0 saturated carbocycles. The van der Waals surface area contributed by atoms with E-state index in [0.717, 1.165) is 28.7 Å². The Labute approximate surface area is 116 Å². The summed E-state index contributed by atoms with van der Waals surface area (Å²) in [5.41, 5.74) is 4.00. The summed E-state index contributed by atoms with van der Waals surface area (Å²) < 4.78 is 31.6. The molecule has 0 atom stereocenters. The molecule has 0 unspecified atom stereocenters. The van der Waals surface area contributed by atoms with Crippen LogP contribution in [0.1, 0.15) is 27.0 Å². The molecule has 0 fully saturated rings. The molecule has 20 heavy (non-hydrogen) atoms. The second kappa shape index (κ2) is 5.54. The van der Waals surface area contributed by atoms with Gasteiger partial charge in [-0.15, -0.1) is 0 Å². The van der Waals surface area contributed by atoms with Crippen LogP contribution in [-0.4, -0.2) is 23.3 Å². The molecule has 0 spiro atoms. The van der Waals surface area contributed by atoms with E-state index in [1.165, 1.54) is 0 Å². The number of hydrogen-bond donors (Lipinski definition) is 2. The fourth-order valence-electron chi connectivity index (χ4n) is 2.14. The van der Waals surface area contributed by atoms with Gasteiger partial charge in [0.1, 0.15) is 0 Å². The van der Waals surface area contributed by atoms with Crippen LogP contribution in [0, 0.1) is 0 Å². The molecule has 2 N–H and O–H groups in total. The summed E-state index contributed by atoms with van der Waals surface area (Å²) in [6.45, 7) is 0. The van der Waals surface area contributed by atoms with E-state index in [2.05, 4.69) is 0 Å². The van der Waals surface area contributed by atoms with Gasteiger partial charge < -0.3 is 0 Å². The lowest BCUT2D eigenvalue weighted by atomic mass is 9.85. The molecule has 2 aromatic rings. The first kappa shape index (κ1) is 14.4. The lowest BCUT2D eigenvalue weighted by Crippen LogP contribution is -2.14. The third-order valence-electron chi connectivity index (χ3n) is 2.90. The molecule has 0 radical (unpaired) electrons. The van der Waals surface area contributed by atoms with Gasteiger partial charge in [-0.05, 0) is 17.5 Å². The highest BCUT2D eigenvalue weighted by molar-refractivity contribution is 7.79. The minimum atomic E-state index is -4.67. The van der Waals surface area contributed by atoms with Crippen LogP contribution in [0.4, 0.5) is 0 Å². The molecule has 0 aromatic heterocycles. The molecule has 0 saturated heterocycles. The molecule has 0 aliphatic heterocycles. The van der Waals surface area contributed by atoms with Crippen LogP contribution in [-0.2, 0) is 16.8 Å². The van der Waals surface area contributed by atoms with Gasteiger partial charge in [-0.3, -0.25) is 13.9 Å². The molecule has 5 nitrogen and oxygen atoms in total. The van der Waals surface area contributed by atoms with E-state index in [1.54, 1.807) is 0 Å². The summed E-state index contributed by atoms with van der Waals surface area (Å²) >= 11 is 0. The van der Waals surface area contributed by atoms with Crippen LogP contribution in [0.2, 0.25) is 0 Å². The third-order valence-corrected chi connectivity index (χ3v) is 2.90. The lowest BCUT2D eigenvalue weighted by Gasteiger charge is -2.17. The van der Waals surface area contributed by atoms with Gasteiger partial charge in [0.25, 0.3) is 0 Å². The van der Waals surface area contributed by atoms with Crippen molar-refractivity contribution in [1.29, 1.82) is 0 Å². The van der Waals surface area contributed by atoms with Crippen LogP contribution in [0.3, 0.4) is 0 Å². The number of benzene rings is 2. The largest absolute Gasteiger partial charge is 0.394 e. The van der Waals surface area contributed by atoms with E-state index < -0.39 is 10.4 Å². The van der Waals surface area contributed by atoms with Crippen LogP contribution in [0.5, 0.6) is 0 Å². The Morgan fingerprint density at radius 3 is 1.55 bits per heavy atom. The van der Waals surface area contributed by atoms with E-state index in [0.29, 0.717) is 0 Å². The molecule has 0 heterocycles. The number of carbonyl (C=O) groups excluding carboxylic acids is 1. The number of fused-ring (bicyclic) bond motifs is 2. The van der Waals surface area contributed by atoms with Crippen molar-refractivity contribution in [2.45, 2.75) is 6.42 Å². The Bertz CT molecular complexity index is 694. The molecule has 0 amide bonds. The summed E-state index contributed by atoms with van der Waals surface area (Å²) in [6, 6.07) is 15.7. The standard InChI is InChI=1S/C14H10O.H2O4S/c15-14-12-7-3-1-5-10(12)9-11-6-2-4-8-13(11)14;1-5(2,3)4/h1-8H,9H2;(H2,1,2,3,4). The molecule has 0 bridgehead atoms. The smallest absolute Gasteiger partial charge is 0.289 e. The van der Waals surface area contributed by atoms with Crippen LogP contribution in [0.25, 0.3) is 0 Å². The SMILES string of the molecule is O=C1c2ccccc2Cc2ccccc21.O=S(=O)(O)O. The maximum atomic E-state index is 12.1. The summed E-state index contributed by atoms with van der Waals surface area (Å²) in [5, 5.41) is 0. The van der Waals surface area contributed by atoms with Crippen LogP contribution in [0.15, 0.2) is 48.5 Å². The molecular weight excluding hydrogens is 280 g/mol. The molecule has 3 rings (SSSR count). The van der Waals surface area contributed by atoms with Crippen molar-refractivity contribution >= 4 is 16.2 Å². The van der Waals surface area contributed by atoms with Gasteiger partial charge in [-0.25, -0.2) is 0 Å². The van der Waals surface area contributed by atoms with Crippen molar-refractivity contribution in [3.8, 4) is 0 Å². The Hall–Kier alpha value is -2.02. The number of carbonyl (C=O) groups is 1. The molecule has 1 aliphatic rings. The summed E-state index contributed by atoms with van der Waals surface area (Å²) in [6.07, 6.45) is 0.873. The number of ketones is 1. The van der Waals surface area contributed by atoms with Gasteiger partial charge in [-0.1, -0.05) is 48.5 Å². The van der Waals surface area contributed by atoms with Gasteiger partial charge >= 0.3 is 10.4 Å². The lowest BCUT2D eigenvalue weighted by molar-refractivity contribution is 0.103. The Balaban J connectivity index is 0.000000257. The Kier molecular flexibility index (Phi) is 3.99. The quantitative estimate of drug-likeness (QED) is 0.619. The van der Waals surface area contributed by atoms with E-state index in [1.807, 2.05) is 48.5 Å². The number of rotatable bonds is 0. The molecule has 2 aromatic carbocycles. The van der Waals surface area contributed by atoms with Gasteiger partial charge in [-0.2, -0.15) is 8.42 Å². The molecule has 104 valence electrons. The van der Waals surface area contributed by atoms with E-state index in [9.17, 15) is 4.79 Å². The summed E-state index contributed by atoms with van der Waals surface area (Å²) in [5.74, 6) is 0.160. The summed E-state index contributed by atoms with van der Waals surface area (Å²) in [4.78, 5) is 12.1. The highest BCUT2D eigenvalue weighted by Crippen LogP contribution is 2.26. The molecule has 1 aliphatic carbocycles. The average molecular weight is 292 g/mol. The molecular formula is C14H12O5S. The first-order valence-corrected chi connectivity index (χ1v) is 7.16. The van der Waals surface area contributed by atoms with Gasteiger partial charge in [0.05, 0.1) is 0 Å². The summed E-state index contributed by atoms with van der Waals surface area (Å²) in [7, 11) is -4.67. The minimum absolute atomic E-state index is 0.160. The van der Waals surface area contributed by atoms with Crippen molar-refractivity contribution in [1.82, 2.24) is 0 Å². The van der Waals surface area contributed by atoms with Crippen molar-refractivity contribution in [3.05, 3.63) is 70.8 Å². The Morgan fingerprint density at radius 2 is 1.15 bits per heavy atom. The maximum absolute atomic E-state index is 12.1. The fraction of sp³-hybridized carbons (Fsp3) is 0.0714. The van der Waals surface area contributed by atoms with Crippen LogP contribution >= 0.6 is 0 Å². The maximum Gasteiger partial charge on any atom is 0.394 e. The first-order valence-electron chi connectivity index (χ1n) is 5.76. The zero-order chi connectivity index (χ0) is 14.8. The minimum Gasteiger partial charge on any atom is -0.289 e. The van der Waals surface area contributed by atoms with Crippen LogP contribution < -0.4 is 0 Å². The zero-order valence-electron chi connectivity index (χ0n) is 10.4. The normalized spacial score (nSPS) is 12.8. The number of hydrogen-bond acceptors (Lipinski definition) is 3. The predicted octanol–water partition coefficient (Wildman–Crippen LogP) is 2.17. The topological polar surface area (TPSA) is 91.7 Å². The van der Waals surface area contributed by atoms with Crippen molar-refractivity contribution in [2.24, 2.45) is 0 Å². The van der Waals surface area contributed by atoms with Crippen molar-refractivity contribution in [2.75, 3.05) is 0 Å². The zero-order valence-corrected chi connectivity index (χ0v) is 11.2. The Morgan fingerprint density at radius 1 is 0.800 bits per heavy atom. The second-order valence-electron chi connectivity index (χ2n) is 4.27. The van der Waals surface area contributed by atoms with Gasteiger partial charge in [0, 0.05) is 11.1 Å². The van der Waals surface area contributed by atoms with Crippen molar-refractivity contribution < 1.29 is 22.3 Å². The fourth-order valence-corrected chi connectivity index (χ4v) is 2.14. The predicted molar refractivity (Wildman–Crippen MR) is 73.3 cm³/mol. The van der Waals surface area contributed by atoms with Gasteiger partial charge in [0.2, 0.25) is 0 Å².